The van der Waals surface area contributed by atoms with Gasteiger partial charge in [-0.15, -0.1) is 0 Å². The van der Waals surface area contributed by atoms with Crippen molar-refractivity contribution in [3.05, 3.63) is 59.4 Å². The molecule has 0 spiro atoms. The van der Waals surface area contributed by atoms with Crippen LogP contribution in [0.4, 0.5) is 10.1 Å². The lowest BCUT2D eigenvalue weighted by Crippen LogP contribution is -2.45. The third-order valence-corrected chi connectivity index (χ3v) is 5.91. The zero-order chi connectivity index (χ0) is 21.1. The number of nitrogens with zero attached hydrogens (tertiary/aromatic N) is 1. The summed E-state index contributed by atoms with van der Waals surface area (Å²) in [5, 5.41) is 2.90. The second-order valence-electron chi connectivity index (χ2n) is 8.19. The van der Waals surface area contributed by atoms with E-state index in [9.17, 15) is 14.0 Å². The number of nitrogens with one attached hydrogen (secondary N) is 1. The molecule has 4 rings (SSSR count). The maximum atomic E-state index is 13.0. The highest BCUT2D eigenvalue weighted by Gasteiger charge is 2.33. The molecule has 0 saturated heterocycles. The fraction of sp³-hybridized carbons (Fsp3) is 0.417. The van der Waals surface area contributed by atoms with Crippen molar-refractivity contribution < 1.29 is 18.7 Å². The van der Waals surface area contributed by atoms with Crippen LogP contribution in [0.25, 0.3) is 0 Å². The first-order valence-electron chi connectivity index (χ1n) is 10.6. The summed E-state index contributed by atoms with van der Waals surface area (Å²) in [7, 11) is 0. The third-order valence-electron chi connectivity index (χ3n) is 5.91. The lowest BCUT2D eigenvalue weighted by atomic mass is 9.93. The van der Waals surface area contributed by atoms with Crippen molar-refractivity contribution in [1.29, 1.82) is 0 Å². The quantitative estimate of drug-likeness (QED) is 0.810. The Hall–Kier alpha value is -2.89. The summed E-state index contributed by atoms with van der Waals surface area (Å²) < 4.78 is 19.0. The lowest BCUT2D eigenvalue weighted by Gasteiger charge is -2.34. The van der Waals surface area contributed by atoms with Gasteiger partial charge in [-0.05, 0) is 55.7 Å². The third kappa shape index (κ3) is 4.64. The van der Waals surface area contributed by atoms with E-state index >= 15 is 0 Å². The summed E-state index contributed by atoms with van der Waals surface area (Å²) in [6.45, 7) is 2.29. The number of benzene rings is 2. The highest BCUT2D eigenvalue weighted by atomic mass is 19.1. The molecule has 1 atom stereocenters. The molecule has 5 nitrogen and oxygen atoms in total. The minimum Gasteiger partial charge on any atom is -0.481 e. The molecule has 1 saturated carbocycles. The molecule has 1 N–H and O–H groups in total. The number of ether oxygens (including phenoxy) is 1. The van der Waals surface area contributed by atoms with Gasteiger partial charge < -0.3 is 15.0 Å². The molecule has 1 aliphatic carbocycles. The molecule has 158 valence electrons. The maximum Gasteiger partial charge on any atom is 0.263 e. The molecule has 2 aromatic carbocycles. The number of hydrogen-bond donors (Lipinski definition) is 1. The van der Waals surface area contributed by atoms with Gasteiger partial charge in [-0.1, -0.05) is 31.4 Å². The predicted octanol–water partition coefficient (Wildman–Crippen LogP) is 4.45. The highest BCUT2D eigenvalue weighted by Crippen LogP contribution is 2.32. The van der Waals surface area contributed by atoms with Crippen molar-refractivity contribution in [1.82, 2.24) is 4.90 Å². The molecule has 6 heteroatoms. The van der Waals surface area contributed by atoms with Crippen LogP contribution < -0.4 is 10.1 Å². The number of hydrogen-bond acceptors (Lipinski definition) is 3. The van der Waals surface area contributed by atoms with Crippen LogP contribution in [0.15, 0.2) is 42.5 Å². The van der Waals surface area contributed by atoms with Crippen LogP contribution in [0.1, 0.15) is 50.2 Å². The Balaban J connectivity index is 1.49. The van der Waals surface area contributed by atoms with Gasteiger partial charge in [-0.3, -0.25) is 9.59 Å². The van der Waals surface area contributed by atoms with Crippen LogP contribution in [-0.4, -0.2) is 28.9 Å². The van der Waals surface area contributed by atoms with E-state index in [1.54, 1.807) is 25.1 Å². The number of fused-ring (bicyclic) bond motifs is 1. The van der Waals surface area contributed by atoms with Crippen molar-refractivity contribution in [2.24, 2.45) is 0 Å². The molecular weight excluding hydrogens is 383 g/mol. The first-order valence-corrected chi connectivity index (χ1v) is 10.6. The van der Waals surface area contributed by atoms with Crippen molar-refractivity contribution >= 4 is 17.5 Å². The smallest absolute Gasteiger partial charge is 0.263 e. The van der Waals surface area contributed by atoms with Gasteiger partial charge in [0.05, 0.1) is 6.42 Å². The normalized spacial score (nSPS) is 19.6. The van der Waals surface area contributed by atoms with Gasteiger partial charge in [0.2, 0.25) is 5.91 Å². The van der Waals surface area contributed by atoms with Crippen LogP contribution in [0.2, 0.25) is 0 Å². The number of carbonyl (C=O) groups excluding carboxylic acids is 2. The first kappa shape index (κ1) is 20.4. The van der Waals surface area contributed by atoms with Crippen molar-refractivity contribution in [3.63, 3.8) is 0 Å². The summed E-state index contributed by atoms with van der Waals surface area (Å²) in [5.41, 5.74) is 2.31. The van der Waals surface area contributed by atoms with E-state index in [0.29, 0.717) is 18.0 Å². The van der Waals surface area contributed by atoms with E-state index in [4.69, 9.17) is 4.74 Å². The van der Waals surface area contributed by atoms with Crippen molar-refractivity contribution in [3.8, 4) is 5.75 Å². The van der Waals surface area contributed by atoms with E-state index in [0.717, 1.165) is 36.8 Å². The second-order valence-corrected chi connectivity index (χ2v) is 8.19. The molecule has 0 aromatic heterocycles. The Labute approximate surface area is 176 Å². The van der Waals surface area contributed by atoms with E-state index in [1.165, 1.54) is 18.6 Å². The summed E-state index contributed by atoms with van der Waals surface area (Å²) in [6.07, 6.45) is 5.23. The van der Waals surface area contributed by atoms with E-state index in [-0.39, 0.29) is 30.1 Å². The highest BCUT2D eigenvalue weighted by molar-refractivity contribution is 5.92. The van der Waals surface area contributed by atoms with Crippen LogP contribution >= 0.6 is 0 Å². The zero-order valence-electron chi connectivity index (χ0n) is 17.2. The first-order chi connectivity index (χ1) is 14.5. The molecule has 1 aliphatic heterocycles. The summed E-state index contributed by atoms with van der Waals surface area (Å²) in [6, 6.07) is 11.6. The van der Waals surface area contributed by atoms with Gasteiger partial charge in [-0.25, -0.2) is 4.39 Å². The Morgan fingerprint density at radius 1 is 1.13 bits per heavy atom. The number of carbonyl (C=O) groups is 2. The van der Waals surface area contributed by atoms with Crippen LogP contribution in [0.5, 0.6) is 5.75 Å². The summed E-state index contributed by atoms with van der Waals surface area (Å²) in [4.78, 5) is 27.3. The Morgan fingerprint density at radius 2 is 1.87 bits per heavy atom. The van der Waals surface area contributed by atoms with Gasteiger partial charge in [0.25, 0.3) is 5.91 Å². The molecule has 1 heterocycles. The largest absolute Gasteiger partial charge is 0.481 e. The number of rotatable bonds is 4. The number of anilines is 1. The minimum absolute atomic E-state index is 0.0278. The van der Waals surface area contributed by atoms with Crippen LogP contribution in [0, 0.1) is 5.82 Å². The van der Waals surface area contributed by atoms with Gasteiger partial charge >= 0.3 is 0 Å². The molecule has 2 aromatic rings. The van der Waals surface area contributed by atoms with E-state index in [1.807, 2.05) is 17.0 Å². The molecule has 2 amide bonds. The molecule has 30 heavy (non-hydrogen) atoms. The molecular formula is C24H27FN2O3. The number of amides is 2. The monoisotopic (exact) mass is 410 g/mol. The summed E-state index contributed by atoms with van der Waals surface area (Å²) in [5.74, 6) is 0.214. The van der Waals surface area contributed by atoms with Crippen molar-refractivity contribution in [2.75, 3.05) is 5.32 Å². The van der Waals surface area contributed by atoms with E-state index < -0.39 is 6.10 Å². The Kier molecular flexibility index (Phi) is 6.02. The fourth-order valence-electron chi connectivity index (χ4n) is 4.33. The topological polar surface area (TPSA) is 58.6 Å². The molecule has 1 unspecified atom stereocenters. The standard InChI is InChI=1S/C24H27FN2O3/c1-16-24(29)27(21-5-3-2-4-6-21)15-18-14-20(11-12-22(18)30-16)26-23(28)13-17-7-9-19(25)10-8-17/h7-12,14,16,21H,2-6,13,15H2,1H3,(H,26,28). The molecule has 1 fully saturated rings. The maximum absolute atomic E-state index is 13.0. The fourth-order valence-corrected chi connectivity index (χ4v) is 4.33. The van der Waals surface area contributed by atoms with Crippen LogP contribution in [-0.2, 0) is 22.6 Å². The lowest BCUT2D eigenvalue weighted by molar-refractivity contribution is -0.140. The molecule has 0 radical (unpaired) electrons. The van der Waals surface area contributed by atoms with Gasteiger partial charge in [-0.2, -0.15) is 0 Å². The summed E-state index contributed by atoms with van der Waals surface area (Å²) >= 11 is 0. The molecule has 0 bridgehead atoms. The SMILES string of the molecule is CC1Oc2ccc(NC(=O)Cc3ccc(F)cc3)cc2CN(C2CCCCC2)C1=O. The Bertz CT molecular complexity index is 923. The minimum atomic E-state index is -0.521. The van der Waals surface area contributed by atoms with E-state index in [2.05, 4.69) is 5.32 Å². The van der Waals surface area contributed by atoms with Gasteiger partial charge in [0.15, 0.2) is 6.10 Å². The number of halogens is 1. The average molecular weight is 410 g/mol. The predicted molar refractivity (Wildman–Crippen MR) is 113 cm³/mol. The Morgan fingerprint density at radius 3 is 2.60 bits per heavy atom. The second kappa shape index (κ2) is 8.86. The average Bonchev–Trinajstić information content (AvgIpc) is 2.87. The van der Waals surface area contributed by atoms with Gasteiger partial charge in [0, 0.05) is 23.8 Å². The van der Waals surface area contributed by atoms with Crippen LogP contribution in [0.3, 0.4) is 0 Å². The van der Waals surface area contributed by atoms with Crippen molar-refractivity contribution in [2.45, 2.75) is 64.1 Å². The van der Waals surface area contributed by atoms with Gasteiger partial charge in [0.1, 0.15) is 11.6 Å². The molecule has 2 aliphatic rings. The zero-order valence-corrected chi connectivity index (χ0v) is 17.2.